The van der Waals surface area contributed by atoms with E-state index in [0.717, 1.165) is 28.0 Å². The lowest BCUT2D eigenvalue weighted by Gasteiger charge is -1.99. The summed E-state index contributed by atoms with van der Waals surface area (Å²) in [6, 6.07) is 11.1. The highest BCUT2D eigenvalue weighted by Gasteiger charge is 2.08. The number of benzene rings is 2. The van der Waals surface area contributed by atoms with Gasteiger partial charge in [0.15, 0.2) is 0 Å². The Bertz CT molecular complexity index is 734. The number of aromatic nitrogens is 2. The van der Waals surface area contributed by atoms with Crippen molar-refractivity contribution in [1.29, 1.82) is 0 Å². The molecule has 0 saturated heterocycles. The highest BCUT2D eigenvalue weighted by Crippen LogP contribution is 2.29. The number of nitrogens with one attached hydrogen (secondary N) is 1. The van der Waals surface area contributed by atoms with Crippen LogP contribution < -0.4 is 0 Å². The Morgan fingerprint density at radius 2 is 2.06 bits per heavy atom. The number of aromatic amines is 1. The van der Waals surface area contributed by atoms with Crippen LogP contribution >= 0.6 is 11.6 Å². The summed E-state index contributed by atoms with van der Waals surface area (Å²) in [5.41, 5.74) is 3.93. The van der Waals surface area contributed by atoms with E-state index < -0.39 is 0 Å². The van der Waals surface area contributed by atoms with Gasteiger partial charge in [-0.05, 0) is 36.8 Å². The van der Waals surface area contributed by atoms with E-state index in [1.54, 1.807) is 18.2 Å². The van der Waals surface area contributed by atoms with E-state index in [0.29, 0.717) is 5.02 Å². The molecule has 2 aromatic carbocycles. The maximum atomic E-state index is 9.41. The van der Waals surface area contributed by atoms with Crippen LogP contribution in [0.4, 0.5) is 0 Å². The molecule has 2 N–H and O–H groups in total. The SMILES string of the molecule is Cc1cccc2[nH]c(-c3ccc(O)c(Cl)c3)nc12. The number of aryl methyl sites for hydroxylation is 1. The summed E-state index contributed by atoms with van der Waals surface area (Å²) in [6.07, 6.45) is 0. The summed E-state index contributed by atoms with van der Waals surface area (Å²) < 4.78 is 0. The Morgan fingerprint density at radius 1 is 1.22 bits per heavy atom. The predicted molar refractivity (Wildman–Crippen MR) is 72.9 cm³/mol. The number of nitrogens with zero attached hydrogens (tertiary/aromatic N) is 1. The van der Waals surface area contributed by atoms with Crippen LogP contribution in [0, 0.1) is 6.92 Å². The minimum atomic E-state index is 0.0766. The van der Waals surface area contributed by atoms with Crippen LogP contribution in [0.5, 0.6) is 5.75 Å². The van der Waals surface area contributed by atoms with Crippen LogP contribution in [0.2, 0.25) is 5.02 Å². The normalized spacial score (nSPS) is 11.0. The van der Waals surface area contributed by atoms with Crippen LogP contribution in [0.1, 0.15) is 5.56 Å². The summed E-state index contributed by atoms with van der Waals surface area (Å²) in [5.74, 6) is 0.828. The van der Waals surface area contributed by atoms with Crippen molar-refractivity contribution in [3.63, 3.8) is 0 Å². The molecule has 0 atom stereocenters. The molecule has 0 aliphatic carbocycles. The first-order valence-electron chi connectivity index (χ1n) is 5.59. The summed E-state index contributed by atoms with van der Waals surface area (Å²) in [4.78, 5) is 7.81. The van der Waals surface area contributed by atoms with Crippen molar-refractivity contribution in [1.82, 2.24) is 9.97 Å². The molecular formula is C14H11ClN2O. The Kier molecular flexibility index (Phi) is 2.49. The zero-order chi connectivity index (χ0) is 12.7. The molecule has 0 radical (unpaired) electrons. The molecule has 0 bridgehead atoms. The molecule has 0 aliphatic heterocycles. The maximum absolute atomic E-state index is 9.41. The molecule has 4 heteroatoms. The van der Waals surface area contributed by atoms with Crippen LogP contribution in [0.3, 0.4) is 0 Å². The van der Waals surface area contributed by atoms with Gasteiger partial charge in [0.1, 0.15) is 11.6 Å². The summed E-state index contributed by atoms with van der Waals surface area (Å²) in [5, 5.41) is 9.74. The largest absolute Gasteiger partial charge is 0.506 e. The van der Waals surface area contributed by atoms with Crippen molar-refractivity contribution in [2.24, 2.45) is 0 Å². The molecule has 3 aromatic rings. The van der Waals surface area contributed by atoms with Gasteiger partial charge in [-0.25, -0.2) is 4.98 Å². The number of para-hydroxylation sites is 1. The number of hydrogen-bond donors (Lipinski definition) is 2. The Balaban J connectivity index is 2.19. The van der Waals surface area contributed by atoms with Gasteiger partial charge in [0.05, 0.1) is 16.1 Å². The van der Waals surface area contributed by atoms with Crippen LogP contribution in [-0.2, 0) is 0 Å². The molecule has 0 fully saturated rings. The number of phenolic OH excluding ortho intramolecular Hbond substituents is 1. The number of phenols is 1. The smallest absolute Gasteiger partial charge is 0.138 e. The first kappa shape index (κ1) is 11.1. The van der Waals surface area contributed by atoms with E-state index in [4.69, 9.17) is 11.6 Å². The maximum Gasteiger partial charge on any atom is 0.138 e. The van der Waals surface area contributed by atoms with Crippen molar-refractivity contribution in [2.45, 2.75) is 6.92 Å². The van der Waals surface area contributed by atoms with Crippen LogP contribution in [-0.4, -0.2) is 15.1 Å². The fraction of sp³-hybridized carbons (Fsp3) is 0.0714. The number of aromatic hydroxyl groups is 1. The standard InChI is InChI=1S/C14H11ClN2O/c1-8-3-2-4-11-13(8)17-14(16-11)9-5-6-12(18)10(15)7-9/h2-7,18H,1H3,(H,16,17). The van der Waals surface area contributed by atoms with Crippen LogP contribution in [0.25, 0.3) is 22.4 Å². The Morgan fingerprint density at radius 3 is 2.78 bits per heavy atom. The molecule has 0 unspecified atom stereocenters. The average Bonchev–Trinajstić information content (AvgIpc) is 2.78. The minimum Gasteiger partial charge on any atom is -0.506 e. The van der Waals surface area contributed by atoms with Gasteiger partial charge in [-0.2, -0.15) is 0 Å². The number of fused-ring (bicyclic) bond motifs is 1. The topological polar surface area (TPSA) is 48.9 Å². The summed E-state index contributed by atoms with van der Waals surface area (Å²) in [6.45, 7) is 2.02. The monoisotopic (exact) mass is 258 g/mol. The Labute approximate surface area is 109 Å². The first-order chi connectivity index (χ1) is 8.65. The molecule has 0 saturated carbocycles. The number of H-pyrrole nitrogens is 1. The fourth-order valence-electron chi connectivity index (χ4n) is 1.97. The first-order valence-corrected chi connectivity index (χ1v) is 5.97. The molecule has 1 heterocycles. The average molecular weight is 259 g/mol. The number of halogens is 1. The van der Waals surface area contributed by atoms with Crippen molar-refractivity contribution >= 4 is 22.6 Å². The molecule has 1 aromatic heterocycles. The van der Waals surface area contributed by atoms with E-state index in [9.17, 15) is 5.11 Å². The van der Waals surface area contributed by atoms with Crippen molar-refractivity contribution in [2.75, 3.05) is 0 Å². The van der Waals surface area contributed by atoms with Gasteiger partial charge in [0.25, 0.3) is 0 Å². The Hall–Kier alpha value is -2.00. The molecule has 18 heavy (non-hydrogen) atoms. The van der Waals surface area contributed by atoms with E-state index in [2.05, 4.69) is 9.97 Å². The van der Waals surface area contributed by atoms with Gasteiger partial charge in [-0.15, -0.1) is 0 Å². The molecule has 0 aliphatic rings. The lowest BCUT2D eigenvalue weighted by Crippen LogP contribution is -1.80. The molecular weight excluding hydrogens is 248 g/mol. The number of imidazole rings is 1. The van der Waals surface area contributed by atoms with Crippen molar-refractivity contribution < 1.29 is 5.11 Å². The second kappa shape index (κ2) is 4.03. The van der Waals surface area contributed by atoms with Gasteiger partial charge in [0.2, 0.25) is 0 Å². The predicted octanol–water partition coefficient (Wildman–Crippen LogP) is 3.90. The lowest BCUT2D eigenvalue weighted by atomic mass is 10.2. The van der Waals surface area contributed by atoms with Crippen LogP contribution in [0.15, 0.2) is 36.4 Å². The minimum absolute atomic E-state index is 0.0766. The number of rotatable bonds is 1. The van der Waals surface area contributed by atoms with Gasteiger partial charge >= 0.3 is 0 Å². The molecule has 0 spiro atoms. The lowest BCUT2D eigenvalue weighted by molar-refractivity contribution is 0.475. The van der Waals surface area contributed by atoms with Gasteiger partial charge in [-0.3, -0.25) is 0 Å². The quantitative estimate of drug-likeness (QED) is 0.695. The third-order valence-electron chi connectivity index (χ3n) is 2.94. The summed E-state index contributed by atoms with van der Waals surface area (Å²) in [7, 11) is 0. The molecule has 0 amide bonds. The third kappa shape index (κ3) is 1.73. The van der Waals surface area contributed by atoms with Gasteiger partial charge in [0, 0.05) is 5.56 Å². The highest BCUT2D eigenvalue weighted by molar-refractivity contribution is 6.32. The van der Waals surface area contributed by atoms with E-state index in [-0.39, 0.29) is 5.75 Å². The fourth-order valence-corrected chi connectivity index (χ4v) is 2.15. The van der Waals surface area contributed by atoms with E-state index in [1.165, 1.54) is 0 Å². The van der Waals surface area contributed by atoms with Crippen molar-refractivity contribution in [3.8, 4) is 17.1 Å². The van der Waals surface area contributed by atoms with E-state index >= 15 is 0 Å². The van der Waals surface area contributed by atoms with Gasteiger partial charge < -0.3 is 10.1 Å². The zero-order valence-electron chi connectivity index (χ0n) is 9.74. The second-order valence-corrected chi connectivity index (χ2v) is 4.63. The van der Waals surface area contributed by atoms with Gasteiger partial charge in [-0.1, -0.05) is 23.7 Å². The third-order valence-corrected chi connectivity index (χ3v) is 3.24. The highest BCUT2D eigenvalue weighted by atomic mass is 35.5. The molecule has 3 rings (SSSR count). The second-order valence-electron chi connectivity index (χ2n) is 4.22. The van der Waals surface area contributed by atoms with Crippen molar-refractivity contribution in [3.05, 3.63) is 47.0 Å². The summed E-state index contributed by atoms with van der Waals surface area (Å²) >= 11 is 5.90. The molecule has 3 nitrogen and oxygen atoms in total. The van der Waals surface area contributed by atoms with E-state index in [1.807, 2.05) is 25.1 Å². The molecule has 90 valence electrons. The number of hydrogen-bond acceptors (Lipinski definition) is 2. The zero-order valence-corrected chi connectivity index (χ0v) is 10.5.